The van der Waals surface area contributed by atoms with Gasteiger partial charge < -0.3 is 19.5 Å². The number of nitrogens with one attached hydrogen (secondary N) is 1. The van der Waals surface area contributed by atoms with Gasteiger partial charge in [0.05, 0.1) is 13.2 Å². The molecule has 0 spiro atoms. The van der Waals surface area contributed by atoms with Crippen molar-refractivity contribution in [2.75, 3.05) is 27.4 Å². The van der Waals surface area contributed by atoms with Crippen LogP contribution in [-0.2, 0) is 9.47 Å². The molecule has 4 heteroatoms. The van der Waals surface area contributed by atoms with Crippen LogP contribution in [0.25, 0.3) is 0 Å². The molecule has 0 saturated heterocycles. The van der Waals surface area contributed by atoms with Gasteiger partial charge in [-0.15, -0.1) is 0 Å². The molecule has 0 aromatic heterocycles. The summed E-state index contributed by atoms with van der Waals surface area (Å²) in [5.74, 6) is 0.908. The Bertz CT molecular complexity index is 379. The lowest BCUT2D eigenvalue weighted by Gasteiger charge is -2.43. The van der Waals surface area contributed by atoms with Crippen LogP contribution in [0.5, 0.6) is 5.75 Å². The van der Waals surface area contributed by atoms with Crippen molar-refractivity contribution in [3.8, 4) is 5.75 Å². The summed E-state index contributed by atoms with van der Waals surface area (Å²) in [5, 5.41) is 3.26. The third-order valence-corrected chi connectivity index (χ3v) is 3.53. The minimum absolute atomic E-state index is 0.0986. The van der Waals surface area contributed by atoms with Gasteiger partial charge in [0.25, 0.3) is 0 Å². The van der Waals surface area contributed by atoms with Crippen molar-refractivity contribution in [2.45, 2.75) is 31.6 Å². The standard InChI is InChI=1S/C15H23NO3/c1-11-4-6-12(7-5-11)19-14-10-13(16-2)15(14)18-9-8-17-3/h4-7,13-16H,8-10H2,1-3H3. The topological polar surface area (TPSA) is 39.7 Å². The van der Waals surface area contributed by atoms with Crippen LogP contribution in [0.2, 0.25) is 0 Å². The van der Waals surface area contributed by atoms with E-state index in [-0.39, 0.29) is 12.2 Å². The molecule has 3 unspecified atom stereocenters. The van der Waals surface area contributed by atoms with Gasteiger partial charge in [-0.05, 0) is 26.1 Å². The Balaban J connectivity index is 1.86. The number of aryl methyl sites for hydroxylation is 1. The molecule has 0 bridgehead atoms. The van der Waals surface area contributed by atoms with Gasteiger partial charge in [0, 0.05) is 19.6 Å². The van der Waals surface area contributed by atoms with E-state index >= 15 is 0 Å². The highest BCUT2D eigenvalue weighted by Crippen LogP contribution is 2.29. The summed E-state index contributed by atoms with van der Waals surface area (Å²) in [6.07, 6.45) is 1.20. The largest absolute Gasteiger partial charge is 0.488 e. The maximum Gasteiger partial charge on any atom is 0.128 e. The van der Waals surface area contributed by atoms with Crippen LogP contribution >= 0.6 is 0 Å². The zero-order chi connectivity index (χ0) is 13.7. The molecule has 3 atom stereocenters. The summed E-state index contributed by atoms with van der Waals surface area (Å²) in [6.45, 7) is 3.29. The number of methoxy groups -OCH3 is 1. The van der Waals surface area contributed by atoms with Gasteiger partial charge in [-0.1, -0.05) is 17.7 Å². The van der Waals surface area contributed by atoms with Crippen molar-refractivity contribution >= 4 is 0 Å². The van der Waals surface area contributed by atoms with Gasteiger partial charge in [-0.3, -0.25) is 0 Å². The summed E-state index contributed by atoms with van der Waals surface area (Å²) in [7, 11) is 3.64. The quantitative estimate of drug-likeness (QED) is 0.763. The molecule has 1 saturated carbocycles. The van der Waals surface area contributed by atoms with Gasteiger partial charge in [0.2, 0.25) is 0 Å². The highest BCUT2D eigenvalue weighted by molar-refractivity contribution is 5.27. The van der Waals surface area contributed by atoms with Gasteiger partial charge in [-0.2, -0.15) is 0 Å². The summed E-state index contributed by atoms with van der Waals surface area (Å²) < 4.78 is 16.8. The number of hydrogen-bond acceptors (Lipinski definition) is 4. The van der Waals surface area contributed by atoms with Crippen LogP contribution in [0, 0.1) is 6.92 Å². The van der Waals surface area contributed by atoms with Crippen LogP contribution < -0.4 is 10.1 Å². The van der Waals surface area contributed by atoms with Crippen molar-refractivity contribution in [1.29, 1.82) is 0 Å². The molecule has 1 aliphatic carbocycles. The normalized spacial score (nSPS) is 25.9. The van der Waals surface area contributed by atoms with E-state index in [2.05, 4.69) is 24.4 Å². The molecule has 2 rings (SSSR count). The van der Waals surface area contributed by atoms with E-state index in [0.717, 1.165) is 12.2 Å². The average Bonchev–Trinajstić information content (AvgIpc) is 2.41. The fraction of sp³-hybridized carbons (Fsp3) is 0.600. The third-order valence-electron chi connectivity index (χ3n) is 3.53. The predicted molar refractivity (Wildman–Crippen MR) is 74.7 cm³/mol. The fourth-order valence-corrected chi connectivity index (χ4v) is 2.26. The van der Waals surface area contributed by atoms with Crippen molar-refractivity contribution in [3.63, 3.8) is 0 Å². The Hall–Kier alpha value is -1.10. The van der Waals surface area contributed by atoms with Gasteiger partial charge in [-0.25, -0.2) is 0 Å². The molecule has 1 aromatic rings. The lowest BCUT2D eigenvalue weighted by atomic mass is 9.85. The van der Waals surface area contributed by atoms with E-state index in [1.165, 1.54) is 5.56 Å². The Kier molecular flexibility index (Phi) is 5.19. The molecule has 1 aromatic carbocycles. The Morgan fingerprint density at radius 3 is 2.58 bits per heavy atom. The summed E-state index contributed by atoms with van der Waals surface area (Å²) >= 11 is 0. The number of rotatable bonds is 7. The second kappa shape index (κ2) is 6.89. The average molecular weight is 265 g/mol. The summed E-state index contributed by atoms with van der Waals surface area (Å²) in [6, 6.07) is 8.50. The molecule has 1 fully saturated rings. The molecule has 0 radical (unpaired) electrons. The number of hydrogen-bond donors (Lipinski definition) is 1. The second-order valence-electron chi connectivity index (χ2n) is 4.93. The van der Waals surface area contributed by atoms with Gasteiger partial charge in [0.15, 0.2) is 0 Å². The van der Waals surface area contributed by atoms with E-state index in [1.807, 2.05) is 19.2 Å². The van der Waals surface area contributed by atoms with Crippen LogP contribution in [-0.4, -0.2) is 45.6 Å². The maximum absolute atomic E-state index is 5.97. The molecule has 19 heavy (non-hydrogen) atoms. The minimum atomic E-state index is 0.0986. The maximum atomic E-state index is 5.97. The molecule has 106 valence electrons. The number of ether oxygens (including phenoxy) is 3. The lowest BCUT2D eigenvalue weighted by Crippen LogP contribution is -2.60. The third kappa shape index (κ3) is 3.69. The monoisotopic (exact) mass is 265 g/mol. The molecule has 0 amide bonds. The van der Waals surface area contributed by atoms with Crippen LogP contribution in [0.4, 0.5) is 0 Å². The second-order valence-corrected chi connectivity index (χ2v) is 4.93. The molecule has 0 heterocycles. The fourth-order valence-electron chi connectivity index (χ4n) is 2.26. The minimum Gasteiger partial charge on any atom is -0.488 e. The molecular weight excluding hydrogens is 242 g/mol. The van der Waals surface area contributed by atoms with E-state index in [0.29, 0.717) is 19.3 Å². The first-order valence-electron chi connectivity index (χ1n) is 6.75. The van der Waals surface area contributed by atoms with Crippen molar-refractivity contribution in [1.82, 2.24) is 5.32 Å². The predicted octanol–water partition coefficient (Wildman–Crippen LogP) is 1.77. The Morgan fingerprint density at radius 1 is 1.21 bits per heavy atom. The van der Waals surface area contributed by atoms with Crippen molar-refractivity contribution in [2.24, 2.45) is 0 Å². The first-order chi connectivity index (χ1) is 9.24. The SMILES string of the molecule is CNC1CC(Oc2ccc(C)cc2)C1OCCOC. The molecule has 1 N–H and O–H groups in total. The molecule has 4 nitrogen and oxygen atoms in total. The van der Waals surface area contributed by atoms with Gasteiger partial charge >= 0.3 is 0 Å². The first kappa shape index (κ1) is 14.3. The van der Waals surface area contributed by atoms with Crippen LogP contribution in [0.15, 0.2) is 24.3 Å². The summed E-state index contributed by atoms with van der Waals surface area (Å²) in [4.78, 5) is 0. The highest BCUT2D eigenvalue weighted by atomic mass is 16.6. The van der Waals surface area contributed by atoms with E-state index in [4.69, 9.17) is 14.2 Å². The molecular formula is C15H23NO3. The lowest BCUT2D eigenvalue weighted by molar-refractivity contribution is -0.114. The van der Waals surface area contributed by atoms with Crippen molar-refractivity contribution < 1.29 is 14.2 Å². The Morgan fingerprint density at radius 2 is 1.95 bits per heavy atom. The first-order valence-corrected chi connectivity index (χ1v) is 6.75. The number of likely N-dealkylation sites (N-methyl/N-ethyl adjacent to an activating group) is 1. The molecule has 1 aliphatic rings. The zero-order valence-corrected chi connectivity index (χ0v) is 11.9. The number of benzene rings is 1. The smallest absolute Gasteiger partial charge is 0.128 e. The molecule has 0 aliphatic heterocycles. The zero-order valence-electron chi connectivity index (χ0n) is 11.9. The Labute approximate surface area is 115 Å². The van der Waals surface area contributed by atoms with Crippen LogP contribution in [0.1, 0.15) is 12.0 Å². The van der Waals surface area contributed by atoms with Gasteiger partial charge in [0.1, 0.15) is 18.0 Å². The van der Waals surface area contributed by atoms with E-state index < -0.39 is 0 Å². The summed E-state index contributed by atoms with van der Waals surface area (Å²) in [5.41, 5.74) is 1.24. The van der Waals surface area contributed by atoms with E-state index in [9.17, 15) is 0 Å². The van der Waals surface area contributed by atoms with E-state index in [1.54, 1.807) is 7.11 Å². The van der Waals surface area contributed by atoms with Crippen molar-refractivity contribution in [3.05, 3.63) is 29.8 Å². The van der Waals surface area contributed by atoms with Crippen LogP contribution in [0.3, 0.4) is 0 Å². The highest BCUT2D eigenvalue weighted by Gasteiger charge is 2.42.